The van der Waals surface area contributed by atoms with Crippen LogP contribution in [0.2, 0.25) is 0 Å². The summed E-state index contributed by atoms with van der Waals surface area (Å²) in [7, 11) is 3.76. The molecule has 3 heterocycles. The molecule has 1 aromatic carbocycles. The number of ether oxygens (including phenoxy) is 2. The van der Waals surface area contributed by atoms with Gasteiger partial charge in [0.25, 0.3) is 0 Å². The summed E-state index contributed by atoms with van der Waals surface area (Å²) in [4.78, 5) is 2.23. The lowest BCUT2D eigenvalue weighted by atomic mass is 10.1. The van der Waals surface area contributed by atoms with E-state index in [4.69, 9.17) is 9.47 Å². The van der Waals surface area contributed by atoms with E-state index in [1.54, 1.807) is 18.9 Å². The minimum absolute atomic E-state index is 0.256. The standard InChI is InChI=1S/C21H28N6O2S/c1-26(12-16-11-22-24-20(16)15-6-8-17(28-2)9-7-15)14-19-23-25-21(30-3)27(19)13-18-5-4-10-29-18/h6-9,11,18H,4-5,10,12-14H2,1-3H3,(H,22,24)/t18-/m0/s1. The van der Waals surface area contributed by atoms with Gasteiger partial charge in [-0.05, 0) is 50.4 Å². The zero-order valence-electron chi connectivity index (χ0n) is 17.7. The highest BCUT2D eigenvalue weighted by Crippen LogP contribution is 2.25. The molecule has 30 heavy (non-hydrogen) atoms. The van der Waals surface area contributed by atoms with Gasteiger partial charge >= 0.3 is 0 Å². The van der Waals surface area contributed by atoms with Crippen LogP contribution in [0.3, 0.4) is 0 Å². The topological polar surface area (TPSA) is 81.1 Å². The molecule has 1 saturated heterocycles. The zero-order valence-corrected chi connectivity index (χ0v) is 18.5. The molecule has 2 aromatic heterocycles. The molecule has 0 bridgehead atoms. The van der Waals surface area contributed by atoms with Crippen LogP contribution in [-0.2, 0) is 24.4 Å². The van der Waals surface area contributed by atoms with Crippen LogP contribution >= 0.6 is 11.8 Å². The second kappa shape index (κ2) is 9.63. The van der Waals surface area contributed by atoms with Crippen LogP contribution < -0.4 is 4.74 Å². The molecule has 0 radical (unpaired) electrons. The van der Waals surface area contributed by atoms with Crippen molar-refractivity contribution in [2.45, 2.75) is 43.7 Å². The summed E-state index contributed by atoms with van der Waals surface area (Å²) in [5.41, 5.74) is 3.25. The van der Waals surface area contributed by atoms with Gasteiger partial charge in [0, 0.05) is 24.3 Å². The molecular weight excluding hydrogens is 400 g/mol. The van der Waals surface area contributed by atoms with E-state index in [1.165, 1.54) is 0 Å². The Kier molecular flexibility index (Phi) is 6.71. The minimum atomic E-state index is 0.256. The molecule has 9 heteroatoms. The molecular formula is C21H28N6O2S. The fraction of sp³-hybridized carbons (Fsp3) is 0.476. The molecule has 1 aliphatic rings. The Labute approximate surface area is 181 Å². The van der Waals surface area contributed by atoms with E-state index in [9.17, 15) is 0 Å². The maximum absolute atomic E-state index is 5.83. The molecule has 1 aliphatic heterocycles. The predicted octanol–water partition coefficient (Wildman–Crippen LogP) is 3.21. The van der Waals surface area contributed by atoms with Crippen LogP contribution in [0.15, 0.2) is 35.6 Å². The Balaban J connectivity index is 1.46. The van der Waals surface area contributed by atoms with Crippen LogP contribution in [0.5, 0.6) is 5.75 Å². The number of rotatable bonds is 9. The van der Waals surface area contributed by atoms with Crippen molar-refractivity contribution in [2.24, 2.45) is 0 Å². The van der Waals surface area contributed by atoms with E-state index in [0.29, 0.717) is 6.54 Å². The molecule has 0 amide bonds. The number of nitrogens with zero attached hydrogens (tertiary/aromatic N) is 5. The lowest BCUT2D eigenvalue weighted by Gasteiger charge is -2.19. The summed E-state index contributed by atoms with van der Waals surface area (Å²) in [5.74, 6) is 1.80. The Hall–Kier alpha value is -2.36. The lowest BCUT2D eigenvalue weighted by Crippen LogP contribution is -2.23. The van der Waals surface area contributed by atoms with Crippen molar-refractivity contribution in [2.75, 3.05) is 27.0 Å². The first-order valence-electron chi connectivity index (χ1n) is 10.1. The Morgan fingerprint density at radius 1 is 1.27 bits per heavy atom. The summed E-state index contributed by atoms with van der Waals surface area (Å²) in [6.07, 6.45) is 6.41. The van der Waals surface area contributed by atoms with Gasteiger partial charge in [-0.1, -0.05) is 11.8 Å². The second-order valence-electron chi connectivity index (χ2n) is 7.52. The normalized spacial score (nSPS) is 16.5. The maximum atomic E-state index is 5.83. The number of hydrogen-bond donors (Lipinski definition) is 1. The van der Waals surface area contributed by atoms with Crippen molar-refractivity contribution in [3.05, 3.63) is 41.9 Å². The van der Waals surface area contributed by atoms with Gasteiger partial charge in [0.1, 0.15) is 11.6 Å². The largest absolute Gasteiger partial charge is 0.497 e. The second-order valence-corrected chi connectivity index (χ2v) is 8.29. The number of nitrogens with one attached hydrogen (secondary N) is 1. The molecule has 4 rings (SSSR count). The first-order chi connectivity index (χ1) is 14.7. The van der Waals surface area contributed by atoms with E-state index < -0.39 is 0 Å². The quantitative estimate of drug-likeness (QED) is 0.524. The van der Waals surface area contributed by atoms with Crippen LogP contribution in [0.1, 0.15) is 24.2 Å². The van der Waals surface area contributed by atoms with Crippen molar-refractivity contribution < 1.29 is 9.47 Å². The molecule has 1 fully saturated rings. The van der Waals surface area contributed by atoms with Crippen molar-refractivity contribution in [3.63, 3.8) is 0 Å². The third-order valence-electron chi connectivity index (χ3n) is 5.33. The summed E-state index contributed by atoms with van der Waals surface area (Å²) in [6.45, 7) is 3.12. The van der Waals surface area contributed by atoms with Gasteiger partial charge in [-0.15, -0.1) is 10.2 Å². The fourth-order valence-electron chi connectivity index (χ4n) is 3.79. The van der Waals surface area contributed by atoms with Crippen LogP contribution in [0.25, 0.3) is 11.3 Å². The summed E-state index contributed by atoms with van der Waals surface area (Å²) >= 11 is 1.62. The van der Waals surface area contributed by atoms with Crippen molar-refractivity contribution in [3.8, 4) is 17.0 Å². The lowest BCUT2D eigenvalue weighted by molar-refractivity contribution is 0.0934. The van der Waals surface area contributed by atoms with Gasteiger partial charge in [0.05, 0.1) is 38.2 Å². The van der Waals surface area contributed by atoms with Gasteiger partial charge in [-0.25, -0.2) is 0 Å². The third kappa shape index (κ3) is 4.69. The molecule has 160 valence electrons. The minimum Gasteiger partial charge on any atom is -0.497 e. The molecule has 8 nitrogen and oxygen atoms in total. The molecule has 0 unspecified atom stereocenters. The summed E-state index contributed by atoms with van der Waals surface area (Å²) in [5, 5.41) is 17.2. The maximum Gasteiger partial charge on any atom is 0.191 e. The molecule has 0 aliphatic carbocycles. The van der Waals surface area contributed by atoms with Gasteiger partial charge in [-0.2, -0.15) is 5.10 Å². The average molecular weight is 429 g/mol. The predicted molar refractivity (Wildman–Crippen MR) is 117 cm³/mol. The number of H-pyrrole nitrogens is 1. The van der Waals surface area contributed by atoms with E-state index in [-0.39, 0.29) is 6.10 Å². The number of hydrogen-bond acceptors (Lipinski definition) is 7. The van der Waals surface area contributed by atoms with Gasteiger partial charge < -0.3 is 14.0 Å². The smallest absolute Gasteiger partial charge is 0.191 e. The SMILES string of the molecule is COc1ccc(-c2[nH]ncc2CN(C)Cc2nnc(SC)n2C[C@@H]2CCCO2)cc1. The van der Waals surface area contributed by atoms with E-state index >= 15 is 0 Å². The first kappa shape index (κ1) is 20.9. The van der Waals surface area contributed by atoms with Gasteiger partial charge in [-0.3, -0.25) is 10.00 Å². The number of thioether (sulfide) groups is 1. The van der Waals surface area contributed by atoms with Crippen molar-refractivity contribution in [1.82, 2.24) is 29.9 Å². The van der Waals surface area contributed by atoms with E-state index in [2.05, 4.69) is 36.9 Å². The highest BCUT2D eigenvalue weighted by molar-refractivity contribution is 7.98. The van der Waals surface area contributed by atoms with Crippen LogP contribution in [0, 0.1) is 0 Å². The fourth-order valence-corrected chi connectivity index (χ4v) is 4.31. The van der Waals surface area contributed by atoms with Gasteiger partial charge in [0.2, 0.25) is 0 Å². The third-order valence-corrected chi connectivity index (χ3v) is 6.00. The van der Waals surface area contributed by atoms with Crippen molar-refractivity contribution >= 4 is 11.8 Å². The van der Waals surface area contributed by atoms with Gasteiger partial charge in [0.15, 0.2) is 5.16 Å². The summed E-state index contributed by atoms with van der Waals surface area (Å²) in [6, 6.07) is 8.00. The monoisotopic (exact) mass is 428 g/mol. The number of methoxy groups -OCH3 is 1. The number of aromatic nitrogens is 5. The van der Waals surface area contributed by atoms with E-state index in [1.807, 2.05) is 36.7 Å². The molecule has 0 spiro atoms. The first-order valence-corrected chi connectivity index (χ1v) is 11.3. The molecule has 1 atom stereocenters. The Morgan fingerprint density at radius 2 is 2.10 bits per heavy atom. The Bertz CT molecular complexity index is 949. The highest BCUT2D eigenvalue weighted by atomic mass is 32.2. The average Bonchev–Trinajstić information content (AvgIpc) is 3.51. The van der Waals surface area contributed by atoms with Crippen molar-refractivity contribution in [1.29, 1.82) is 0 Å². The van der Waals surface area contributed by atoms with Crippen LogP contribution in [-0.4, -0.2) is 63.0 Å². The van der Waals surface area contributed by atoms with E-state index in [0.717, 1.165) is 66.1 Å². The number of aromatic amines is 1. The Morgan fingerprint density at radius 3 is 2.80 bits per heavy atom. The number of benzene rings is 1. The molecule has 3 aromatic rings. The summed E-state index contributed by atoms with van der Waals surface area (Å²) < 4.78 is 13.3. The molecule has 0 saturated carbocycles. The zero-order chi connectivity index (χ0) is 20.9. The molecule has 1 N–H and O–H groups in total. The van der Waals surface area contributed by atoms with Crippen LogP contribution in [0.4, 0.5) is 0 Å². The highest BCUT2D eigenvalue weighted by Gasteiger charge is 2.21.